The van der Waals surface area contributed by atoms with Crippen molar-refractivity contribution in [3.8, 4) is 0 Å². The summed E-state index contributed by atoms with van der Waals surface area (Å²) in [7, 11) is -3.24. The average molecular weight is 267 g/mol. The highest BCUT2D eigenvalue weighted by Crippen LogP contribution is 2.24. The highest BCUT2D eigenvalue weighted by Gasteiger charge is 2.29. The van der Waals surface area contributed by atoms with Gasteiger partial charge in [-0.3, -0.25) is 0 Å². The van der Waals surface area contributed by atoms with Crippen molar-refractivity contribution < 1.29 is 8.42 Å². The van der Waals surface area contributed by atoms with E-state index in [1.165, 1.54) is 0 Å². The number of alkyl halides is 1. The van der Waals surface area contributed by atoms with Gasteiger partial charge >= 0.3 is 0 Å². The van der Waals surface area contributed by atoms with Crippen LogP contribution >= 0.6 is 11.6 Å². The summed E-state index contributed by atoms with van der Waals surface area (Å²) < 4.78 is 28.3. The summed E-state index contributed by atoms with van der Waals surface area (Å²) in [5.74, 6) is 0. The van der Waals surface area contributed by atoms with E-state index in [-0.39, 0.29) is 11.4 Å². The fourth-order valence-electron chi connectivity index (χ4n) is 2.38. The first-order chi connectivity index (χ1) is 7.58. The molecule has 0 spiro atoms. The van der Waals surface area contributed by atoms with Crippen molar-refractivity contribution in [2.45, 2.75) is 49.9 Å². The molecule has 1 aliphatic heterocycles. The largest absolute Gasteiger partial charge is 0.279 e. The Morgan fingerprint density at radius 1 is 1.06 bits per heavy atom. The first-order valence-electron chi connectivity index (χ1n) is 5.99. The van der Waals surface area contributed by atoms with E-state index >= 15 is 0 Å². The van der Waals surface area contributed by atoms with Crippen molar-refractivity contribution in [3.05, 3.63) is 0 Å². The minimum absolute atomic E-state index is 0.0839. The lowest BCUT2D eigenvalue weighted by Crippen LogP contribution is -2.45. The fourth-order valence-corrected chi connectivity index (χ4v) is 4.18. The van der Waals surface area contributed by atoms with Gasteiger partial charge in [0, 0.05) is 24.5 Å². The Morgan fingerprint density at radius 3 is 2.19 bits per heavy atom. The molecule has 1 heterocycles. The summed E-state index contributed by atoms with van der Waals surface area (Å²) in [5, 5.41) is 0.229. The molecule has 2 aliphatic rings. The van der Waals surface area contributed by atoms with Crippen LogP contribution in [0.15, 0.2) is 0 Å². The molecule has 1 N–H and O–H groups in total. The van der Waals surface area contributed by atoms with Crippen LogP contribution in [0, 0.1) is 0 Å². The third kappa shape index (κ3) is 3.09. The van der Waals surface area contributed by atoms with Gasteiger partial charge in [0.05, 0.1) is 0 Å². The molecule has 0 aromatic heterocycles. The molecule has 0 aromatic carbocycles. The molecule has 94 valence electrons. The van der Waals surface area contributed by atoms with Crippen LogP contribution in [0.25, 0.3) is 0 Å². The lowest BCUT2D eigenvalue weighted by Gasteiger charge is -2.27. The van der Waals surface area contributed by atoms with E-state index in [1.54, 1.807) is 4.31 Å². The lowest BCUT2D eigenvalue weighted by atomic mass is 9.96. The molecule has 1 aliphatic carbocycles. The van der Waals surface area contributed by atoms with Crippen molar-refractivity contribution in [2.75, 3.05) is 13.1 Å². The van der Waals surface area contributed by atoms with Gasteiger partial charge in [-0.2, -0.15) is 17.4 Å². The molecule has 1 saturated heterocycles. The van der Waals surface area contributed by atoms with Gasteiger partial charge in [-0.1, -0.05) is 0 Å². The number of halogens is 1. The molecule has 2 fully saturated rings. The normalized spacial score (nSPS) is 33.1. The predicted octanol–water partition coefficient (Wildman–Crippen LogP) is 1.47. The molecule has 16 heavy (non-hydrogen) atoms. The van der Waals surface area contributed by atoms with Crippen LogP contribution in [-0.4, -0.2) is 37.2 Å². The van der Waals surface area contributed by atoms with Crippen LogP contribution < -0.4 is 4.72 Å². The van der Waals surface area contributed by atoms with Crippen LogP contribution in [0.5, 0.6) is 0 Å². The van der Waals surface area contributed by atoms with Crippen molar-refractivity contribution >= 4 is 21.8 Å². The quantitative estimate of drug-likeness (QED) is 0.787. The second-order valence-electron chi connectivity index (χ2n) is 4.68. The van der Waals surface area contributed by atoms with Crippen LogP contribution in [0.3, 0.4) is 0 Å². The molecule has 0 aromatic rings. The standard InChI is InChI=1S/C10H19ClN2O2S/c11-9-3-5-10(6-4-9)12-16(14,15)13-7-1-2-8-13/h9-10,12H,1-8H2. The van der Waals surface area contributed by atoms with Crippen molar-refractivity contribution in [1.29, 1.82) is 0 Å². The van der Waals surface area contributed by atoms with Crippen LogP contribution in [-0.2, 0) is 10.2 Å². The number of hydrogen-bond donors (Lipinski definition) is 1. The van der Waals surface area contributed by atoms with Gasteiger partial charge in [0.15, 0.2) is 0 Å². The van der Waals surface area contributed by atoms with Gasteiger partial charge in [0.25, 0.3) is 10.2 Å². The van der Waals surface area contributed by atoms with Crippen molar-refractivity contribution in [1.82, 2.24) is 9.03 Å². The third-order valence-corrected chi connectivity index (χ3v) is 5.49. The Bertz CT molecular complexity index is 320. The van der Waals surface area contributed by atoms with E-state index < -0.39 is 10.2 Å². The molecular weight excluding hydrogens is 248 g/mol. The summed E-state index contributed by atoms with van der Waals surface area (Å²) in [6, 6.07) is 0.0839. The molecule has 4 nitrogen and oxygen atoms in total. The molecule has 6 heteroatoms. The molecule has 0 radical (unpaired) electrons. The zero-order chi connectivity index (χ0) is 11.6. The molecule has 1 saturated carbocycles. The Morgan fingerprint density at radius 2 is 1.62 bits per heavy atom. The van der Waals surface area contributed by atoms with Crippen molar-refractivity contribution in [2.24, 2.45) is 0 Å². The first kappa shape index (κ1) is 12.6. The number of hydrogen-bond acceptors (Lipinski definition) is 2. The average Bonchev–Trinajstić information content (AvgIpc) is 2.75. The maximum Gasteiger partial charge on any atom is 0.279 e. The predicted molar refractivity (Wildman–Crippen MR) is 64.8 cm³/mol. The second-order valence-corrected chi connectivity index (χ2v) is 7.00. The smallest absolute Gasteiger partial charge is 0.199 e. The minimum atomic E-state index is -3.24. The summed E-state index contributed by atoms with van der Waals surface area (Å²) in [6.45, 7) is 1.33. The first-order valence-corrected chi connectivity index (χ1v) is 7.87. The Hall–Kier alpha value is 0.160. The van der Waals surface area contributed by atoms with E-state index in [0.29, 0.717) is 13.1 Å². The maximum atomic E-state index is 12.0. The third-order valence-electron chi connectivity index (χ3n) is 3.38. The zero-order valence-corrected chi connectivity index (χ0v) is 10.9. The monoisotopic (exact) mass is 266 g/mol. The number of nitrogens with one attached hydrogen (secondary N) is 1. The Kier molecular flexibility index (Phi) is 4.11. The Balaban J connectivity index is 1.88. The van der Waals surface area contributed by atoms with E-state index in [1.807, 2.05) is 0 Å². The van der Waals surface area contributed by atoms with Crippen LogP contribution in [0.4, 0.5) is 0 Å². The summed E-state index contributed by atoms with van der Waals surface area (Å²) in [5.41, 5.74) is 0. The lowest BCUT2D eigenvalue weighted by molar-refractivity contribution is 0.395. The summed E-state index contributed by atoms with van der Waals surface area (Å²) in [6.07, 6.45) is 5.51. The minimum Gasteiger partial charge on any atom is -0.199 e. The topological polar surface area (TPSA) is 49.4 Å². The van der Waals surface area contributed by atoms with Gasteiger partial charge in [0.2, 0.25) is 0 Å². The molecule has 0 amide bonds. The fraction of sp³-hybridized carbons (Fsp3) is 1.00. The maximum absolute atomic E-state index is 12.0. The van der Waals surface area contributed by atoms with Gasteiger partial charge in [-0.05, 0) is 38.5 Å². The van der Waals surface area contributed by atoms with Gasteiger partial charge in [0.1, 0.15) is 0 Å². The summed E-state index contributed by atoms with van der Waals surface area (Å²) in [4.78, 5) is 0. The van der Waals surface area contributed by atoms with E-state index in [4.69, 9.17) is 11.6 Å². The van der Waals surface area contributed by atoms with E-state index in [9.17, 15) is 8.42 Å². The molecule has 2 rings (SSSR count). The number of rotatable bonds is 3. The van der Waals surface area contributed by atoms with Crippen LogP contribution in [0.2, 0.25) is 0 Å². The van der Waals surface area contributed by atoms with Crippen molar-refractivity contribution in [3.63, 3.8) is 0 Å². The van der Waals surface area contributed by atoms with E-state index in [2.05, 4.69) is 4.72 Å². The van der Waals surface area contributed by atoms with Crippen LogP contribution in [0.1, 0.15) is 38.5 Å². The zero-order valence-electron chi connectivity index (χ0n) is 9.36. The molecular formula is C10H19ClN2O2S. The molecule has 0 atom stereocenters. The Labute approximate surface area is 103 Å². The molecule has 0 unspecified atom stereocenters. The SMILES string of the molecule is O=S(=O)(NC1CCC(Cl)CC1)N1CCCC1. The second kappa shape index (κ2) is 5.21. The summed E-state index contributed by atoms with van der Waals surface area (Å²) >= 11 is 5.99. The highest BCUT2D eigenvalue weighted by molar-refractivity contribution is 7.87. The number of nitrogens with zero attached hydrogens (tertiary/aromatic N) is 1. The van der Waals surface area contributed by atoms with Gasteiger partial charge < -0.3 is 0 Å². The van der Waals surface area contributed by atoms with Gasteiger partial charge in [-0.15, -0.1) is 11.6 Å². The molecule has 0 bridgehead atoms. The van der Waals surface area contributed by atoms with Gasteiger partial charge in [-0.25, -0.2) is 0 Å². The van der Waals surface area contributed by atoms with E-state index in [0.717, 1.165) is 38.5 Å². The highest BCUT2D eigenvalue weighted by atomic mass is 35.5.